The average molecular weight is 508 g/mol. The van der Waals surface area contributed by atoms with Gasteiger partial charge in [0.1, 0.15) is 0 Å². The molecule has 0 radical (unpaired) electrons. The fourth-order valence-electron chi connectivity index (χ4n) is 3.30. The summed E-state index contributed by atoms with van der Waals surface area (Å²) in [6.45, 7) is 2.25. The van der Waals surface area contributed by atoms with E-state index in [9.17, 15) is 0 Å². The van der Waals surface area contributed by atoms with E-state index in [2.05, 4.69) is 120 Å². The molecule has 0 saturated carbocycles. The molecular weight excluding hydrogens is 494 g/mol. The van der Waals surface area contributed by atoms with E-state index < -0.39 is 0 Å². The first kappa shape index (κ1) is 16.4. The van der Waals surface area contributed by atoms with E-state index in [1.54, 1.807) is 0 Å². The van der Waals surface area contributed by atoms with Crippen LogP contribution >= 0.6 is 47.8 Å². The molecule has 4 aromatic rings. The second-order valence-corrected chi connectivity index (χ2v) is 8.67. The van der Waals surface area contributed by atoms with Gasteiger partial charge >= 0.3 is 0 Å². The number of rotatable bonds is 2. The van der Waals surface area contributed by atoms with Crippen LogP contribution in [0.1, 0.15) is 18.5 Å². The van der Waals surface area contributed by atoms with Crippen LogP contribution in [0.2, 0.25) is 0 Å². The Morgan fingerprint density at radius 1 is 0.667 bits per heavy atom. The lowest BCUT2D eigenvalue weighted by Crippen LogP contribution is -2.06. The molecule has 0 amide bonds. The van der Waals surface area contributed by atoms with E-state index >= 15 is 0 Å². The molecule has 0 fully saturated rings. The Bertz CT molecular complexity index is 989. The molecule has 24 heavy (non-hydrogen) atoms. The van der Waals surface area contributed by atoms with Crippen LogP contribution in [-0.4, -0.2) is 4.57 Å². The van der Waals surface area contributed by atoms with Crippen molar-refractivity contribution in [2.75, 3.05) is 0 Å². The van der Waals surface area contributed by atoms with Crippen LogP contribution in [0, 0.1) is 0 Å². The van der Waals surface area contributed by atoms with Crippen molar-refractivity contribution >= 4 is 69.6 Å². The zero-order chi connectivity index (χ0) is 16.8. The van der Waals surface area contributed by atoms with Gasteiger partial charge in [0.05, 0.1) is 17.1 Å². The van der Waals surface area contributed by atoms with Crippen LogP contribution in [0.4, 0.5) is 0 Å². The third-order valence-electron chi connectivity index (χ3n) is 4.47. The van der Waals surface area contributed by atoms with E-state index in [0.29, 0.717) is 0 Å². The van der Waals surface area contributed by atoms with Crippen molar-refractivity contribution in [3.63, 3.8) is 0 Å². The van der Waals surface area contributed by atoms with E-state index in [4.69, 9.17) is 0 Å². The van der Waals surface area contributed by atoms with Crippen LogP contribution in [0.25, 0.3) is 21.8 Å². The smallest absolute Gasteiger partial charge is 0.0563 e. The van der Waals surface area contributed by atoms with Gasteiger partial charge in [0, 0.05) is 24.2 Å². The van der Waals surface area contributed by atoms with Gasteiger partial charge in [0.25, 0.3) is 0 Å². The number of hydrogen-bond donors (Lipinski definition) is 0. The topological polar surface area (TPSA) is 4.93 Å². The number of benzene rings is 3. The largest absolute Gasteiger partial charge is 0.333 e. The Morgan fingerprint density at radius 2 is 1.12 bits per heavy atom. The van der Waals surface area contributed by atoms with Crippen molar-refractivity contribution in [1.29, 1.82) is 0 Å². The average Bonchev–Trinajstić information content (AvgIpc) is 2.87. The third-order valence-corrected chi connectivity index (χ3v) is 5.98. The van der Waals surface area contributed by atoms with Gasteiger partial charge in [-0.15, -0.1) is 0 Å². The molecule has 0 saturated heterocycles. The quantitative estimate of drug-likeness (QED) is 0.262. The maximum Gasteiger partial charge on any atom is 0.0563 e. The first-order chi connectivity index (χ1) is 11.5. The highest BCUT2D eigenvalue weighted by molar-refractivity contribution is 9.11. The molecule has 1 atom stereocenters. The van der Waals surface area contributed by atoms with Crippen LogP contribution < -0.4 is 0 Å². The predicted molar refractivity (Wildman–Crippen MR) is 113 cm³/mol. The Morgan fingerprint density at radius 3 is 1.62 bits per heavy atom. The predicted octanol–water partition coefficient (Wildman–Crippen LogP) is 7.69. The zero-order valence-corrected chi connectivity index (χ0v) is 17.7. The summed E-state index contributed by atoms with van der Waals surface area (Å²) in [7, 11) is 0. The maximum absolute atomic E-state index is 3.62. The fourth-order valence-corrected chi connectivity index (χ4v) is 4.26. The van der Waals surface area contributed by atoms with Gasteiger partial charge in [-0.1, -0.05) is 72.1 Å². The molecule has 4 heteroatoms. The summed E-state index contributed by atoms with van der Waals surface area (Å²) in [5, 5.41) is 2.56. The highest BCUT2D eigenvalue weighted by Gasteiger charge is 2.17. The maximum atomic E-state index is 3.62. The molecule has 120 valence electrons. The molecule has 0 aliphatic rings. The Labute approximate surface area is 166 Å². The van der Waals surface area contributed by atoms with Gasteiger partial charge in [-0.3, -0.25) is 0 Å². The molecule has 3 aromatic carbocycles. The Hall–Kier alpha value is -1.10. The number of aromatic nitrogens is 1. The summed E-state index contributed by atoms with van der Waals surface area (Å²) in [6, 6.07) is 21.8. The number of hydrogen-bond acceptors (Lipinski definition) is 0. The highest BCUT2D eigenvalue weighted by atomic mass is 79.9. The van der Waals surface area contributed by atoms with Crippen LogP contribution in [0.15, 0.2) is 74.1 Å². The molecule has 4 rings (SSSR count). The summed E-state index contributed by atoms with van der Waals surface area (Å²) in [4.78, 5) is 0. The van der Waals surface area contributed by atoms with Gasteiger partial charge in [-0.2, -0.15) is 0 Å². The molecule has 0 aliphatic heterocycles. The van der Waals surface area contributed by atoms with Crippen molar-refractivity contribution in [2.24, 2.45) is 0 Å². The standard InChI is InChI=1S/C20H14Br3N/c1-12(13-2-4-14(21)5-3-13)24-19-10-15(22)6-8-17(19)18-9-7-16(23)11-20(18)24/h2-12H,1H3. The molecule has 1 unspecified atom stereocenters. The van der Waals surface area contributed by atoms with Crippen molar-refractivity contribution in [3.8, 4) is 0 Å². The van der Waals surface area contributed by atoms with E-state index in [0.717, 1.165) is 13.4 Å². The lowest BCUT2D eigenvalue weighted by Gasteiger charge is -2.18. The van der Waals surface area contributed by atoms with E-state index in [-0.39, 0.29) is 6.04 Å². The first-order valence-corrected chi connectivity index (χ1v) is 10.1. The van der Waals surface area contributed by atoms with Gasteiger partial charge < -0.3 is 4.57 Å². The minimum atomic E-state index is 0.238. The lowest BCUT2D eigenvalue weighted by molar-refractivity contribution is 0.685. The summed E-state index contributed by atoms with van der Waals surface area (Å²) < 4.78 is 5.72. The van der Waals surface area contributed by atoms with Gasteiger partial charge in [-0.25, -0.2) is 0 Å². The van der Waals surface area contributed by atoms with Crippen LogP contribution in [0.5, 0.6) is 0 Å². The number of nitrogens with zero attached hydrogens (tertiary/aromatic N) is 1. The molecule has 0 spiro atoms. The molecule has 0 N–H and O–H groups in total. The second-order valence-electron chi connectivity index (χ2n) is 5.92. The normalized spacial score (nSPS) is 12.8. The molecule has 1 heterocycles. The van der Waals surface area contributed by atoms with Gasteiger partial charge in [0.2, 0.25) is 0 Å². The molecule has 1 nitrogen and oxygen atoms in total. The molecular formula is C20H14Br3N. The minimum Gasteiger partial charge on any atom is -0.333 e. The van der Waals surface area contributed by atoms with Crippen LogP contribution in [0.3, 0.4) is 0 Å². The van der Waals surface area contributed by atoms with E-state index in [1.165, 1.54) is 27.4 Å². The summed E-state index contributed by atoms with van der Waals surface area (Å²) in [5.41, 5.74) is 3.78. The van der Waals surface area contributed by atoms with Crippen molar-refractivity contribution < 1.29 is 0 Å². The SMILES string of the molecule is CC(c1ccc(Br)cc1)n1c2cc(Br)ccc2c2ccc(Br)cc21. The van der Waals surface area contributed by atoms with Gasteiger partial charge in [0.15, 0.2) is 0 Å². The highest BCUT2D eigenvalue weighted by Crippen LogP contribution is 2.36. The molecule has 0 bridgehead atoms. The molecule has 1 aromatic heterocycles. The van der Waals surface area contributed by atoms with E-state index in [1.807, 2.05) is 0 Å². The Kier molecular flexibility index (Phi) is 4.31. The molecule has 0 aliphatic carbocycles. The van der Waals surface area contributed by atoms with Crippen molar-refractivity contribution in [1.82, 2.24) is 4.57 Å². The van der Waals surface area contributed by atoms with Crippen LogP contribution in [-0.2, 0) is 0 Å². The summed E-state index contributed by atoms with van der Waals surface area (Å²) >= 11 is 10.8. The Balaban J connectivity index is 2.05. The second kappa shape index (κ2) is 6.32. The van der Waals surface area contributed by atoms with Gasteiger partial charge in [-0.05, 0) is 48.9 Å². The number of halogens is 3. The monoisotopic (exact) mass is 505 g/mol. The third kappa shape index (κ3) is 2.75. The summed E-state index contributed by atoms with van der Waals surface area (Å²) in [6.07, 6.45) is 0. The van der Waals surface area contributed by atoms with Crippen molar-refractivity contribution in [2.45, 2.75) is 13.0 Å². The fraction of sp³-hybridized carbons (Fsp3) is 0.100. The lowest BCUT2D eigenvalue weighted by atomic mass is 10.1. The zero-order valence-electron chi connectivity index (χ0n) is 12.9. The number of fused-ring (bicyclic) bond motifs is 3. The minimum absolute atomic E-state index is 0.238. The first-order valence-electron chi connectivity index (χ1n) is 7.69. The summed E-state index contributed by atoms with van der Waals surface area (Å²) in [5.74, 6) is 0. The van der Waals surface area contributed by atoms with Crippen molar-refractivity contribution in [3.05, 3.63) is 79.6 Å².